The minimum Gasteiger partial charge on any atom is -0.337 e. The van der Waals surface area contributed by atoms with Gasteiger partial charge in [0.2, 0.25) is 17.6 Å². The Morgan fingerprint density at radius 1 is 1.06 bits per heavy atom. The van der Waals surface area contributed by atoms with Crippen LogP contribution in [0.15, 0.2) is 59.1 Å². The maximum atomic E-state index is 12.7. The van der Waals surface area contributed by atoms with E-state index in [1.807, 2.05) is 44.2 Å². The van der Waals surface area contributed by atoms with Crippen LogP contribution in [0, 0.1) is 0 Å². The molecule has 31 heavy (non-hydrogen) atoms. The maximum Gasteiger partial charge on any atom is 0.416 e. The summed E-state index contributed by atoms with van der Waals surface area (Å²) in [6.45, 7) is 4.01. The van der Waals surface area contributed by atoms with Crippen molar-refractivity contribution in [2.45, 2.75) is 51.9 Å². The number of aryl methyl sites for hydroxylation is 1. The number of aromatic nitrogens is 2. The van der Waals surface area contributed by atoms with E-state index in [1.54, 1.807) is 4.90 Å². The summed E-state index contributed by atoms with van der Waals surface area (Å²) < 4.78 is 43.3. The summed E-state index contributed by atoms with van der Waals surface area (Å²) >= 11 is 0. The highest BCUT2D eigenvalue weighted by molar-refractivity contribution is 5.76. The molecule has 2 aromatic carbocycles. The zero-order valence-electron chi connectivity index (χ0n) is 17.4. The van der Waals surface area contributed by atoms with Gasteiger partial charge in [-0.15, -0.1) is 0 Å². The number of rotatable bonds is 8. The van der Waals surface area contributed by atoms with Crippen LogP contribution in [0.5, 0.6) is 0 Å². The highest BCUT2D eigenvalue weighted by Crippen LogP contribution is 2.29. The highest BCUT2D eigenvalue weighted by atomic mass is 19.4. The Labute approximate surface area is 178 Å². The number of benzene rings is 2. The Kier molecular flexibility index (Phi) is 7.09. The van der Waals surface area contributed by atoms with Gasteiger partial charge >= 0.3 is 6.18 Å². The lowest BCUT2D eigenvalue weighted by atomic mass is 10.1. The number of hydrogen-bond donors (Lipinski definition) is 0. The molecule has 0 fully saturated rings. The molecule has 1 heterocycles. The topological polar surface area (TPSA) is 59.2 Å². The molecular formula is C23H24F3N3O2. The molecule has 1 amide bonds. The Hall–Kier alpha value is -3.16. The number of nitrogens with zero attached hydrogens (tertiary/aromatic N) is 3. The summed E-state index contributed by atoms with van der Waals surface area (Å²) in [7, 11) is 0. The molecule has 0 aliphatic heterocycles. The number of hydrogen-bond acceptors (Lipinski definition) is 4. The van der Waals surface area contributed by atoms with Crippen LogP contribution in [0.1, 0.15) is 43.7 Å². The van der Waals surface area contributed by atoms with Crippen LogP contribution in [0.3, 0.4) is 0 Å². The van der Waals surface area contributed by atoms with Gasteiger partial charge in [0, 0.05) is 18.0 Å². The van der Waals surface area contributed by atoms with E-state index in [0.29, 0.717) is 24.6 Å². The van der Waals surface area contributed by atoms with E-state index in [4.69, 9.17) is 4.52 Å². The van der Waals surface area contributed by atoms with Gasteiger partial charge in [-0.25, -0.2) is 0 Å². The lowest BCUT2D eigenvalue weighted by molar-refractivity contribution is -0.137. The molecular weight excluding hydrogens is 407 g/mol. The summed E-state index contributed by atoms with van der Waals surface area (Å²) in [6.07, 6.45) is -3.01. The van der Waals surface area contributed by atoms with Crippen molar-refractivity contribution in [3.8, 4) is 11.4 Å². The van der Waals surface area contributed by atoms with Gasteiger partial charge in [-0.2, -0.15) is 18.2 Å². The first-order valence-electron chi connectivity index (χ1n) is 10.1. The number of carbonyl (C=O) groups is 1. The first-order chi connectivity index (χ1) is 14.7. The molecule has 0 unspecified atom stereocenters. The van der Waals surface area contributed by atoms with E-state index in [0.717, 1.165) is 23.3 Å². The first kappa shape index (κ1) is 22.5. The molecule has 0 aliphatic rings. The van der Waals surface area contributed by atoms with Crippen molar-refractivity contribution in [2.75, 3.05) is 0 Å². The Balaban J connectivity index is 1.55. The molecule has 1 aromatic heterocycles. The van der Waals surface area contributed by atoms with Crippen molar-refractivity contribution in [3.05, 3.63) is 71.6 Å². The van der Waals surface area contributed by atoms with Gasteiger partial charge in [-0.3, -0.25) is 4.79 Å². The largest absolute Gasteiger partial charge is 0.416 e. The van der Waals surface area contributed by atoms with Gasteiger partial charge < -0.3 is 9.42 Å². The Morgan fingerprint density at radius 2 is 1.74 bits per heavy atom. The smallest absolute Gasteiger partial charge is 0.337 e. The van der Waals surface area contributed by atoms with Crippen LogP contribution in [0.2, 0.25) is 0 Å². The van der Waals surface area contributed by atoms with Gasteiger partial charge in [-0.05, 0) is 44.4 Å². The van der Waals surface area contributed by atoms with Crippen molar-refractivity contribution >= 4 is 5.91 Å². The third kappa shape index (κ3) is 6.16. The van der Waals surface area contributed by atoms with Gasteiger partial charge in [-0.1, -0.05) is 47.6 Å². The molecule has 0 saturated heterocycles. The fourth-order valence-electron chi connectivity index (χ4n) is 3.18. The van der Waals surface area contributed by atoms with E-state index in [9.17, 15) is 18.0 Å². The fraction of sp³-hybridized carbons (Fsp3) is 0.348. The van der Waals surface area contributed by atoms with Crippen molar-refractivity contribution in [1.29, 1.82) is 0 Å². The standard InChI is InChI=1S/C23H24F3N3O2/c1-16(2)29(15-20-27-22(28-31-20)18-8-4-3-5-9-18)21(30)10-6-7-17-11-13-19(14-12-17)23(24,25)26/h3-5,8-9,11-14,16H,6-7,10,15H2,1-2H3. The Bertz CT molecular complexity index is 983. The van der Waals surface area contributed by atoms with Crippen LogP contribution >= 0.6 is 0 Å². The summed E-state index contributed by atoms with van der Waals surface area (Å²) in [4.78, 5) is 18.8. The highest BCUT2D eigenvalue weighted by Gasteiger charge is 2.29. The molecule has 5 nitrogen and oxygen atoms in total. The number of halogens is 3. The minimum absolute atomic E-state index is 0.0642. The summed E-state index contributed by atoms with van der Waals surface area (Å²) in [6, 6.07) is 14.4. The van der Waals surface area contributed by atoms with Crippen LogP contribution in [0.4, 0.5) is 13.2 Å². The first-order valence-corrected chi connectivity index (χ1v) is 10.1. The predicted octanol–water partition coefficient (Wildman–Crippen LogP) is 5.52. The van der Waals surface area contributed by atoms with Crippen LogP contribution in [0.25, 0.3) is 11.4 Å². The van der Waals surface area contributed by atoms with Crippen molar-refractivity contribution in [3.63, 3.8) is 0 Å². The molecule has 3 rings (SSSR count). The summed E-state index contributed by atoms with van der Waals surface area (Å²) in [5.41, 5.74) is 0.922. The molecule has 0 saturated carbocycles. The van der Waals surface area contributed by atoms with Gasteiger partial charge in [0.15, 0.2) is 0 Å². The van der Waals surface area contributed by atoms with Crippen molar-refractivity contribution in [2.24, 2.45) is 0 Å². The summed E-state index contributed by atoms with van der Waals surface area (Å²) in [5, 5.41) is 3.98. The fourth-order valence-corrected chi connectivity index (χ4v) is 3.18. The third-order valence-corrected chi connectivity index (χ3v) is 4.89. The maximum absolute atomic E-state index is 12.7. The molecule has 0 radical (unpaired) electrons. The molecule has 0 spiro atoms. The van der Waals surface area contributed by atoms with Crippen molar-refractivity contribution in [1.82, 2.24) is 15.0 Å². The molecule has 3 aromatic rings. The number of alkyl halides is 3. The van der Waals surface area contributed by atoms with E-state index < -0.39 is 11.7 Å². The van der Waals surface area contributed by atoms with E-state index in [-0.39, 0.29) is 24.9 Å². The quantitative estimate of drug-likeness (QED) is 0.472. The molecule has 0 N–H and O–H groups in total. The normalized spacial score (nSPS) is 11.7. The van der Waals surface area contributed by atoms with Crippen molar-refractivity contribution < 1.29 is 22.5 Å². The minimum atomic E-state index is -4.35. The van der Waals surface area contributed by atoms with Crippen LogP contribution in [-0.2, 0) is 23.9 Å². The second kappa shape index (κ2) is 9.76. The zero-order chi connectivity index (χ0) is 22.4. The van der Waals surface area contributed by atoms with Gasteiger partial charge in [0.25, 0.3) is 0 Å². The van der Waals surface area contributed by atoms with Gasteiger partial charge in [0.05, 0.1) is 5.56 Å². The average molecular weight is 431 g/mol. The molecule has 164 valence electrons. The lowest BCUT2D eigenvalue weighted by Gasteiger charge is -2.25. The third-order valence-electron chi connectivity index (χ3n) is 4.89. The number of carbonyl (C=O) groups excluding carboxylic acids is 1. The lowest BCUT2D eigenvalue weighted by Crippen LogP contribution is -2.36. The number of amides is 1. The van der Waals surface area contributed by atoms with Gasteiger partial charge in [0.1, 0.15) is 6.54 Å². The Morgan fingerprint density at radius 3 is 2.35 bits per heavy atom. The van der Waals surface area contributed by atoms with Crippen LogP contribution < -0.4 is 0 Å². The summed E-state index contributed by atoms with van der Waals surface area (Å²) in [5.74, 6) is 0.749. The average Bonchev–Trinajstić information content (AvgIpc) is 3.21. The second-order valence-electron chi connectivity index (χ2n) is 7.54. The molecule has 0 bridgehead atoms. The molecule has 0 aliphatic carbocycles. The van der Waals surface area contributed by atoms with Crippen LogP contribution in [-0.4, -0.2) is 27.0 Å². The molecule has 8 heteroatoms. The second-order valence-corrected chi connectivity index (χ2v) is 7.54. The predicted molar refractivity (Wildman–Crippen MR) is 110 cm³/mol. The zero-order valence-corrected chi connectivity index (χ0v) is 17.4. The van der Waals surface area contributed by atoms with E-state index in [1.165, 1.54) is 12.1 Å². The monoisotopic (exact) mass is 431 g/mol. The molecule has 0 atom stereocenters. The van der Waals surface area contributed by atoms with E-state index >= 15 is 0 Å². The van der Waals surface area contributed by atoms with E-state index in [2.05, 4.69) is 10.1 Å². The SMILES string of the molecule is CC(C)N(Cc1nc(-c2ccccc2)no1)C(=O)CCCc1ccc(C(F)(F)F)cc1.